The lowest BCUT2D eigenvalue weighted by molar-refractivity contribution is -0.113. The molecule has 0 unspecified atom stereocenters. The molecule has 0 radical (unpaired) electrons. The SMILES string of the molecule is CN(C)c1ccc(-n2cccc2/C=C2/NC(=O)N(c3ccc(Cl)cc3)C2=O)cc1. The number of carbonyl (C=O) groups excluding carboxylic acids is 2. The first-order valence-corrected chi connectivity index (χ1v) is 9.39. The van der Waals surface area contributed by atoms with E-state index >= 15 is 0 Å². The van der Waals surface area contributed by atoms with Crippen LogP contribution in [0, 0.1) is 0 Å². The molecule has 7 heteroatoms. The minimum atomic E-state index is -0.489. The maximum Gasteiger partial charge on any atom is 0.333 e. The summed E-state index contributed by atoms with van der Waals surface area (Å²) in [6, 6.07) is 17.9. The van der Waals surface area contributed by atoms with Gasteiger partial charge >= 0.3 is 6.03 Å². The van der Waals surface area contributed by atoms with Gasteiger partial charge in [0.25, 0.3) is 5.91 Å². The number of hydrogen-bond acceptors (Lipinski definition) is 3. The Kier molecular flexibility index (Phi) is 4.86. The number of rotatable bonds is 4. The number of anilines is 2. The van der Waals surface area contributed by atoms with Crippen molar-refractivity contribution in [1.29, 1.82) is 0 Å². The zero-order chi connectivity index (χ0) is 20.5. The van der Waals surface area contributed by atoms with Crippen LogP contribution in [0.5, 0.6) is 0 Å². The first-order chi connectivity index (χ1) is 13.9. The number of amides is 3. The Hall–Kier alpha value is -3.51. The molecule has 1 fully saturated rings. The second-order valence-electron chi connectivity index (χ2n) is 6.82. The van der Waals surface area contributed by atoms with E-state index in [4.69, 9.17) is 11.6 Å². The molecule has 1 aromatic heterocycles. The van der Waals surface area contributed by atoms with Crippen LogP contribution in [0.25, 0.3) is 11.8 Å². The number of nitrogens with zero attached hydrogens (tertiary/aromatic N) is 3. The van der Waals surface area contributed by atoms with Crippen molar-refractivity contribution in [1.82, 2.24) is 9.88 Å². The van der Waals surface area contributed by atoms with Crippen molar-refractivity contribution in [2.24, 2.45) is 0 Å². The van der Waals surface area contributed by atoms with Crippen molar-refractivity contribution >= 4 is 41.0 Å². The number of nitrogens with one attached hydrogen (secondary N) is 1. The summed E-state index contributed by atoms with van der Waals surface area (Å²) in [5.74, 6) is -0.409. The van der Waals surface area contributed by atoms with Crippen LogP contribution in [-0.2, 0) is 4.79 Å². The summed E-state index contributed by atoms with van der Waals surface area (Å²) in [6.07, 6.45) is 3.59. The Morgan fingerprint density at radius 1 is 0.931 bits per heavy atom. The van der Waals surface area contributed by atoms with Gasteiger partial charge in [-0.2, -0.15) is 0 Å². The first-order valence-electron chi connectivity index (χ1n) is 9.02. The van der Waals surface area contributed by atoms with Crippen molar-refractivity contribution in [2.45, 2.75) is 0 Å². The highest BCUT2D eigenvalue weighted by atomic mass is 35.5. The van der Waals surface area contributed by atoms with Crippen LogP contribution in [-0.4, -0.2) is 30.6 Å². The molecule has 1 aliphatic heterocycles. The van der Waals surface area contributed by atoms with Gasteiger partial charge in [-0.3, -0.25) is 4.79 Å². The minimum absolute atomic E-state index is 0.217. The third-order valence-electron chi connectivity index (χ3n) is 4.68. The minimum Gasteiger partial charge on any atom is -0.378 e. The van der Waals surface area contributed by atoms with Crippen LogP contribution in [0.15, 0.2) is 72.6 Å². The monoisotopic (exact) mass is 406 g/mol. The second-order valence-corrected chi connectivity index (χ2v) is 7.26. The Morgan fingerprint density at radius 2 is 1.59 bits per heavy atom. The molecule has 0 saturated carbocycles. The fourth-order valence-corrected chi connectivity index (χ4v) is 3.29. The van der Waals surface area contributed by atoms with Gasteiger partial charge in [0.1, 0.15) is 5.70 Å². The van der Waals surface area contributed by atoms with Gasteiger partial charge in [-0.15, -0.1) is 0 Å². The molecule has 146 valence electrons. The zero-order valence-electron chi connectivity index (χ0n) is 16.0. The zero-order valence-corrected chi connectivity index (χ0v) is 16.7. The van der Waals surface area contributed by atoms with E-state index < -0.39 is 11.9 Å². The summed E-state index contributed by atoms with van der Waals surface area (Å²) in [7, 11) is 3.97. The van der Waals surface area contributed by atoms with Gasteiger partial charge < -0.3 is 14.8 Å². The van der Waals surface area contributed by atoms with Crippen molar-refractivity contribution < 1.29 is 9.59 Å². The highest BCUT2D eigenvalue weighted by Gasteiger charge is 2.35. The van der Waals surface area contributed by atoms with Gasteiger partial charge in [0.2, 0.25) is 0 Å². The normalized spacial score (nSPS) is 15.1. The molecular weight excluding hydrogens is 388 g/mol. The van der Waals surface area contributed by atoms with Crippen LogP contribution in [0.2, 0.25) is 5.02 Å². The number of halogens is 1. The molecule has 0 atom stereocenters. The molecule has 4 rings (SSSR count). The summed E-state index contributed by atoms with van der Waals surface area (Å²) in [5.41, 5.74) is 3.52. The third kappa shape index (κ3) is 3.62. The van der Waals surface area contributed by atoms with Crippen LogP contribution in [0.3, 0.4) is 0 Å². The van der Waals surface area contributed by atoms with E-state index in [1.54, 1.807) is 30.3 Å². The number of urea groups is 1. The van der Waals surface area contributed by atoms with E-state index in [0.29, 0.717) is 10.7 Å². The molecule has 3 aromatic rings. The average Bonchev–Trinajstić information content (AvgIpc) is 3.27. The standard InChI is InChI=1S/C22H19ClN4O2/c1-25(2)16-9-11-17(12-10-16)26-13-3-4-19(26)14-20-21(28)27(22(29)24-20)18-7-5-15(23)6-8-18/h3-14H,1-2H3,(H,24,29)/b20-14+. The molecule has 6 nitrogen and oxygen atoms in total. The lowest BCUT2D eigenvalue weighted by Crippen LogP contribution is -2.30. The van der Waals surface area contributed by atoms with Gasteiger partial charge in [0.15, 0.2) is 0 Å². The number of carbonyl (C=O) groups is 2. The molecule has 0 spiro atoms. The highest BCUT2D eigenvalue weighted by molar-refractivity contribution is 6.31. The smallest absolute Gasteiger partial charge is 0.333 e. The maximum absolute atomic E-state index is 12.8. The summed E-state index contributed by atoms with van der Waals surface area (Å²) in [4.78, 5) is 28.3. The number of benzene rings is 2. The Balaban J connectivity index is 1.64. The summed E-state index contributed by atoms with van der Waals surface area (Å²) in [6.45, 7) is 0. The summed E-state index contributed by atoms with van der Waals surface area (Å²) >= 11 is 5.90. The fourth-order valence-electron chi connectivity index (χ4n) is 3.17. The molecule has 1 N–H and O–H groups in total. The lowest BCUT2D eigenvalue weighted by Gasteiger charge is -2.14. The predicted octanol–water partition coefficient (Wildman–Crippen LogP) is 4.29. The fraction of sp³-hybridized carbons (Fsp3) is 0.0909. The summed E-state index contributed by atoms with van der Waals surface area (Å²) < 4.78 is 1.96. The molecule has 2 aromatic carbocycles. The van der Waals surface area contributed by atoms with Crippen LogP contribution < -0.4 is 15.1 Å². The van der Waals surface area contributed by atoms with Crippen LogP contribution >= 0.6 is 11.6 Å². The number of hydrogen-bond donors (Lipinski definition) is 1. The van der Waals surface area contributed by atoms with E-state index in [1.807, 2.05) is 66.2 Å². The number of imide groups is 1. The largest absolute Gasteiger partial charge is 0.378 e. The summed E-state index contributed by atoms with van der Waals surface area (Å²) in [5, 5.41) is 3.19. The second kappa shape index (κ2) is 7.48. The average molecular weight is 407 g/mol. The van der Waals surface area contributed by atoms with Crippen molar-refractivity contribution in [2.75, 3.05) is 23.9 Å². The van der Waals surface area contributed by atoms with Crippen molar-refractivity contribution in [3.63, 3.8) is 0 Å². The van der Waals surface area contributed by atoms with E-state index in [0.717, 1.165) is 22.0 Å². The van der Waals surface area contributed by atoms with E-state index in [-0.39, 0.29) is 5.70 Å². The van der Waals surface area contributed by atoms with Gasteiger partial charge in [0, 0.05) is 42.4 Å². The lowest BCUT2D eigenvalue weighted by atomic mass is 10.2. The van der Waals surface area contributed by atoms with Crippen LogP contribution in [0.1, 0.15) is 5.69 Å². The molecule has 29 heavy (non-hydrogen) atoms. The third-order valence-corrected chi connectivity index (χ3v) is 4.93. The predicted molar refractivity (Wildman–Crippen MR) is 116 cm³/mol. The van der Waals surface area contributed by atoms with Crippen LogP contribution in [0.4, 0.5) is 16.2 Å². The number of aromatic nitrogens is 1. The highest BCUT2D eigenvalue weighted by Crippen LogP contribution is 2.25. The van der Waals surface area contributed by atoms with Gasteiger partial charge in [-0.05, 0) is 66.7 Å². The van der Waals surface area contributed by atoms with E-state index in [2.05, 4.69) is 5.32 Å². The maximum atomic E-state index is 12.8. The Labute approximate surface area is 173 Å². The molecule has 1 saturated heterocycles. The quantitative estimate of drug-likeness (QED) is 0.519. The Morgan fingerprint density at radius 3 is 2.24 bits per heavy atom. The molecule has 2 heterocycles. The van der Waals surface area contributed by atoms with Gasteiger partial charge in [-0.25, -0.2) is 9.69 Å². The van der Waals surface area contributed by atoms with Crippen molar-refractivity contribution in [3.8, 4) is 5.69 Å². The molecule has 0 aliphatic carbocycles. The van der Waals surface area contributed by atoms with E-state index in [1.165, 1.54) is 0 Å². The van der Waals surface area contributed by atoms with Gasteiger partial charge in [0.05, 0.1) is 5.69 Å². The first kappa shape index (κ1) is 18.8. The molecule has 0 bridgehead atoms. The van der Waals surface area contributed by atoms with Gasteiger partial charge in [-0.1, -0.05) is 11.6 Å². The molecule has 1 aliphatic rings. The molecule has 3 amide bonds. The van der Waals surface area contributed by atoms with Crippen molar-refractivity contribution in [3.05, 3.63) is 83.3 Å². The topological polar surface area (TPSA) is 57.6 Å². The molecular formula is C22H19ClN4O2. The van der Waals surface area contributed by atoms with E-state index in [9.17, 15) is 9.59 Å². The Bertz CT molecular complexity index is 1100.